The van der Waals surface area contributed by atoms with Crippen molar-refractivity contribution >= 4 is 27.4 Å². The second kappa shape index (κ2) is 4.85. The maximum Gasteiger partial charge on any atom is 0.152 e. The number of nitrogens with zero attached hydrogens (tertiary/aromatic N) is 2. The molecule has 102 valence electrons. The molecule has 2 heterocycles. The van der Waals surface area contributed by atoms with Crippen LogP contribution in [0.4, 0.5) is 5.82 Å². The smallest absolute Gasteiger partial charge is 0.152 e. The molecule has 20 heavy (non-hydrogen) atoms. The standard InChI is InChI=1S/C15H16N4S/c1-15(2,10-6-4-3-5-7-10)14-17-12(19-16)11-8-9-20-13(11)18-14/h3-9H,16H2,1-2H3,(H,17,18,19). The number of hydrazine groups is 1. The van der Waals surface area contributed by atoms with Crippen LogP contribution in [0.5, 0.6) is 0 Å². The molecule has 3 N–H and O–H groups in total. The third kappa shape index (κ3) is 2.05. The number of rotatable bonds is 3. The molecule has 5 heteroatoms. The first-order valence-corrected chi connectivity index (χ1v) is 7.29. The van der Waals surface area contributed by atoms with Crippen molar-refractivity contribution in [1.29, 1.82) is 0 Å². The van der Waals surface area contributed by atoms with Crippen molar-refractivity contribution in [3.63, 3.8) is 0 Å². The van der Waals surface area contributed by atoms with E-state index in [4.69, 9.17) is 10.8 Å². The van der Waals surface area contributed by atoms with E-state index < -0.39 is 0 Å². The number of benzene rings is 1. The number of aromatic nitrogens is 2. The first-order chi connectivity index (χ1) is 9.63. The van der Waals surface area contributed by atoms with Gasteiger partial charge in [-0.3, -0.25) is 0 Å². The largest absolute Gasteiger partial charge is 0.308 e. The SMILES string of the molecule is CC(C)(c1ccccc1)c1nc(NN)c2ccsc2n1. The predicted molar refractivity (Wildman–Crippen MR) is 83.8 cm³/mol. The van der Waals surface area contributed by atoms with Gasteiger partial charge in [-0.25, -0.2) is 15.8 Å². The molecule has 4 nitrogen and oxygen atoms in total. The van der Waals surface area contributed by atoms with Gasteiger partial charge in [0.2, 0.25) is 0 Å². The normalized spacial score (nSPS) is 11.8. The molecule has 0 radical (unpaired) electrons. The molecule has 1 aromatic carbocycles. The molecule has 0 aliphatic rings. The zero-order chi connectivity index (χ0) is 14.2. The summed E-state index contributed by atoms with van der Waals surface area (Å²) in [6.45, 7) is 4.24. The molecular formula is C15H16N4S. The minimum atomic E-state index is -0.273. The Bertz CT molecular complexity index is 734. The van der Waals surface area contributed by atoms with E-state index in [1.165, 1.54) is 5.56 Å². The number of hydrogen-bond acceptors (Lipinski definition) is 5. The highest BCUT2D eigenvalue weighted by atomic mass is 32.1. The van der Waals surface area contributed by atoms with Gasteiger partial charge in [0.15, 0.2) is 5.82 Å². The summed E-state index contributed by atoms with van der Waals surface area (Å²) < 4.78 is 0. The topological polar surface area (TPSA) is 63.8 Å². The number of nitrogens with one attached hydrogen (secondary N) is 1. The van der Waals surface area contributed by atoms with Gasteiger partial charge >= 0.3 is 0 Å². The van der Waals surface area contributed by atoms with Gasteiger partial charge in [-0.15, -0.1) is 11.3 Å². The van der Waals surface area contributed by atoms with Crippen molar-refractivity contribution in [3.05, 3.63) is 53.2 Å². The number of nitrogen functional groups attached to an aromatic ring is 1. The van der Waals surface area contributed by atoms with Crippen molar-refractivity contribution in [2.75, 3.05) is 5.43 Å². The molecule has 0 amide bonds. The lowest BCUT2D eigenvalue weighted by Gasteiger charge is -2.24. The van der Waals surface area contributed by atoms with E-state index in [9.17, 15) is 0 Å². The van der Waals surface area contributed by atoms with E-state index in [1.807, 2.05) is 29.6 Å². The van der Waals surface area contributed by atoms with Crippen molar-refractivity contribution < 1.29 is 0 Å². The van der Waals surface area contributed by atoms with Crippen LogP contribution in [-0.2, 0) is 5.41 Å². The van der Waals surface area contributed by atoms with Crippen molar-refractivity contribution in [2.24, 2.45) is 5.84 Å². The van der Waals surface area contributed by atoms with Gasteiger partial charge in [-0.05, 0) is 30.9 Å². The fourth-order valence-electron chi connectivity index (χ4n) is 2.23. The fraction of sp³-hybridized carbons (Fsp3) is 0.200. The minimum absolute atomic E-state index is 0.273. The van der Waals surface area contributed by atoms with Crippen LogP contribution in [0, 0.1) is 0 Å². The highest BCUT2D eigenvalue weighted by molar-refractivity contribution is 7.16. The van der Waals surface area contributed by atoms with Crippen molar-refractivity contribution in [2.45, 2.75) is 19.3 Å². The Hall–Kier alpha value is -1.98. The number of thiophene rings is 1. The Kier molecular flexibility index (Phi) is 3.16. The van der Waals surface area contributed by atoms with Gasteiger partial charge in [-0.2, -0.15) is 0 Å². The third-order valence-electron chi connectivity index (χ3n) is 3.52. The zero-order valence-corrected chi connectivity index (χ0v) is 12.2. The molecular weight excluding hydrogens is 268 g/mol. The molecule has 0 aliphatic carbocycles. The zero-order valence-electron chi connectivity index (χ0n) is 11.4. The average Bonchev–Trinajstić information content (AvgIpc) is 2.95. The maximum absolute atomic E-state index is 5.59. The average molecular weight is 284 g/mol. The quantitative estimate of drug-likeness (QED) is 0.572. The summed E-state index contributed by atoms with van der Waals surface area (Å²) in [4.78, 5) is 10.3. The monoisotopic (exact) mass is 284 g/mol. The summed E-state index contributed by atoms with van der Waals surface area (Å²) in [5.41, 5.74) is 3.58. The molecule has 3 rings (SSSR count). The number of fused-ring (bicyclic) bond motifs is 1. The summed E-state index contributed by atoms with van der Waals surface area (Å²) in [5.74, 6) is 7.04. The molecule has 0 atom stereocenters. The second-order valence-electron chi connectivity index (χ2n) is 5.17. The molecule has 0 bridgehead atoms. The van der Waals surface area contributed by atoms with Gasteiger partial charge in [0.1, 0.15) is 10.7 Å². The summed E-state index contributed by atoms with van der Waals surface area (Å²) in [6, 6.07) is 12.2. The van der Waals surface area contributed by atoms with Crippen LogP contribution in [0.2, 0.25) is 0 Å². The van der Waals surface area contributed by atoms with Gasteiger partial charge < -0.3 is 5.43 Å². The third-order valence-corrected chi connectivity index (χ3v) is 4.32. The van der Waals surface area contributed by atoms with Gasteiger partial charge in [0, 0.05) is 5.41 Å². The van der Waals surface area contributed by atoms with E-state index in [0.29, 0.717) is 5.82 Å². The van der Waals surface area contributed by atoms with Crippen LogP contribution in [0.1, 0.15) is 25.2 Å². The molecule has 0 aliphatic heterocycles. The predicted octanol–water partition coefficient (Wildman–Crippen LogP) is 3.30. The summed E-state index contributed by atoms with van der Waals surface area (Å²) >= 11 is 1.60. The van der Waals surface area contributed by atoms with Crippen LogP contribution in [-0.4, -0.2) is 9.97 Å². The van der Waals surface area contributed by atoms with E-state index in [1.54, 1.807) is 11.3 Å². The molecule has 2 aromatic heterocycles. The summed E-state index contributed by atoms with van der Waals surface area (Å²) in [6.07, 6.45) is 0. The number of hydrogen-bond donors (Lipinski definition) is 2. The van der Waals surface area contributed by atoms with Gasteiger partial charge in [-0.1, -0.05) is 30.3 Å². The highest BCUT2D eigenvalue weighted by Crippen LogP contribution is 2.33. The molecule has 0 spiro atoms. The Balaban J connectivity index is 2.18. The first kappa shape index (κ1) is 13.0. The lowest BCUT2D eigenvalue weighted by atomic mass is 9.84. The molecule has 0 saturated carbocycles. The highest BCUT2D eigenvalue weighted by Gasteiger charge is 2.27. The van der Waals surface area contributed by atoms with Gasteiger partial charge in [0.05, 0.1) is 5.39 Å². The molecule has 0 saturated heterocycles. The summed E-state index contributed by atoms with van der Waals surface area (Å²) in [7, 11) is 0. The van der Waals surface area contributed by atoms with E-state index >= 15 is 0 Å². The number of anilines is 1. The molecule has 3 aromatic rings. The summed E-state index contributed by atoms with van der Waals surface area (Å²) in [5, 5.41) is 2.96. The minimum Gasteiger partial charge on any atom is -0.308 e. The van der Waals surface area contributed by atoms with E-state index in [2.05, 4.69) is 36.4 Å². The Morgan fingerprint density at radius 3 is 2.55 bits per heavy atom. The second-order valence-corrected chi connectivity index (χ2v) is 6.07. The van der Waals surface area contributed by atoms with Crippen LogP contribution < -0.4 is 11.3 Å². The van der Waals surface area contributed by atoms with Crippen molar-refractivity contribution in [3.8, 4) is 0 Å². The van der Waals surface area contributed by atoms with Crippen LogP contribution in [0.25, 0.3) is 10.2 Å². The van der Waals surface area contributed by atoms with Gasteiger partial charge in [0.25, 0.3) is 0 Å². The van der Waals surface area contributed by atoms with Crippen LogP contribution in [0.3, 0.4) is 0 Å². The fourth-order valence-corrected chi connectivity index (χ4v) is 2.99. The maximum atomic E-state index is 5.59. The molecule has 0 fully saturated rings. The van der Waals surface area contributed by atoms with E-state index in [-0.39, 0.29) is 5.41 Å². The molecule has 0 unspecified atom stereocenters. The Morgan fingerprint density at radius 1 is 1.10 bits per heavy atom. The van der Waals surface area contributed by atoms with Crippen LogP contribution >= 0.6 is 11.3 Å². The Labute approximate surface area is 121 Å². The van der Waals surface area contributed by atoms with E-state index in [0.717, 1.165) is 16.0 Å². The van der Waals surface area contributed by atoms with Crippen molar-refractivity contribution in [1.82, 2.24) is 9.97 Å². The number of nitrogens with two attached hydrogens (primary N) is 1. The first-order valence-electron chi connectivity index (χ1n) is 6.41. The Morgan fingerprint density at radius 2 is 1.85 bits per heavy atom. The lowest BCUT2D eigenvalue weighted by molar-refractivity contribution is 0.595. The lowest BCUT2D eigenvalue weighted by Crippen LogP contribution is -2.23. The van der Waals surface area contributed by atoms with Crippen LogP contribution in [0.15, 0.2) is 41.8 Å².